The fourth-order valence-electron chi connectivity index (χ4n) is 2.29. The van der Waals surface area contributed by atoms with Crippen molar-refractivity contribution in [2.75, 3.05) is 18.5 Å². The van der Waals surface area contributed by atoms with Crippen LogP contribution in [-0.2, 0) is 9.59 Å². The van der Waals surface area contributed by atoms with Gasteiger partial charge in [0, 0.05) is 10.7 Å². The molecule has 2 aromatic carbocycles. The third-order valence-corrected chi connectivity index (χ3v) is 4.25. The number of nitrogens with zero attached hydrogens (tertiary/aromatic N) is 1. The minimum atomic E-state index is -1.13. The SMILES string of the molecule is CCOc1cc(/C=C(\C#N)C(=O)Nc2cccc(Cl)c2)cc(Br)c1OCC(=O)O. The molecule has 7 nitrogen and oxygen atoms in total. The average Bonchev–Trinajstić information content (AvgIpc) is 2.65. The van der Waals surface area contributed by atoms with Crippen molar-refractivity contribution in [3.63, 3.8) is 0 Å². The number of carbonyl (C=O) groups is 2. The lowest BCUT2D eigenvalue weighted by molar-refractivity contribution is -0.139. The van der Waals surface area contributed by atoms with E-state index in [0.717, 1.165) is 0 Å². The molecule has 0 radical (unpaired) electrons. The van der Waals surface area contributed by atoms with E-state index in [1.165, 1.54) is 6.08 Å². The Hall–Kier alpha value is -3.02. The number of ether oxygens (including phenoxy) is 2. The maximum Gasteiger partial charge on any atom is 0.341 e. The number of hydrogen-bond acceptors (Lipinski definition) is 5. The van der Waals surface area contributed by atoms with E-state index in [1.54, 1.807) is 43.3 Å². The Kier molecular flexibility index (Phi) is 8.07. The second-order valence-electron chi connectivity index (χ2n) is 5.58. The summed E-state index contributed by atoms with van der Waals surface area (Å²) in [6.07, 6.45) is 1.38. The maximum absolute atomic E-state index is 12.4. The Balaban J connectivity index is 2.33. The van der Waals surface area contributed by atoms with Crippen LogP contribution in [0.2, 0.25) is 5.02 Å². The molecule has 0 aliphatic carbocycles. The summed E-state index contributed by atoms with van der Waals surface area (Å²) < 4.78 is 11.2. The van der Waals surface area contributed by atoms with Crippen molar-refractivity contribution in [2.24, 2.45) is 0 Å². The minimum Gasteiger partial charge on any atom is -0.490 e. The molecule has 150 valence electrons. The Morgan fingerprint density at radius 2 is 2.07 bits per heavy atom. The van der Waals surface area contributed by atoms with E-state index in [9.17, 15) is 14.9 Å². The van der Waals surface area contributed by atoms with Gasteiger partial charge in [-0.1, -0.05) is 17.7 Å². The number of hydrogen-bond donors (Lipinski definition) is 2. The summed E-state index contributed by atoms with van der Waals surface area (Å²) in [5, 5.41) is 21.3. The van der Waals surface area contributed by atoms with E-state index < -0.39 is 18.5 Å². The molecule has 0 fully saturated rings. The standard InChI is InChI=1S/C20H16BrClN2O5/c1-2-28-17-8-12(7-16(21)19(17)29-11-18(25)26)6-13(10-23)20(27)24-15-5-3-4-14(22)9-15/h3-9H,2,11H2,1H3,(H,24,27)(H,25,26)/b13-6+. The van der Waals surface area contributed by atoms with Crippen LogP contribution in [0.1, 0.15) is 12.5 Å². The van der Waals surface area contributed by atoms with Crippen molar-refractivity contribution in [3.8, 4) is 17.6 Å². The van der Waals surface area contributed by atoms with Crippen LogP contribution >= 0.6 is 27.5 Å². The molecule has 0 aliphatic rings. The number of rotatable bonds is 8. The Morgan fingerprint density at radius 1 is 1.31 bits per heavy atom. The van der Waals surface area contributed by atoms with Gasteiger partial charge in [-0.15, -0.1) is 0 Å². The minimum absolute atomic E-state index is 0.140. The zero-order chi connectivity index (χ0) is 21.4. The van der Waals surface area contributed by atoms with Gasteiger partial charge in [0.25, 0.3) is 5.91 Å². The zero-order valence-corrected chi connectivity index (χ0v) is 17.6. The topological polar surface area (TPSA) is 109 Å². The number of carboxylic acid groups (broad SMARTS) is 1. The molecule has 29 heavy (non-hydrogen) atoms. The number of halogens is 2. The number of anilines is 1. The second kappa shape index (κ2) is 10.5. The quantitative estimate of drug-likeness (QED) is 0.426. The normalized spacial score (nSPS) is 10.8. The number of carboxylic acids is 1. The van der Waals surface area contributed by atoms with Crippen LogP contribution in [0.15, 0.2) is 46.4 Å². The maximum atomic E-state index is 12.4. The molecule has 2 N–H and O–H groups in total. The number of amides is 1. The molecule has 0 atom stereocenters. The number of carbonyl (C=O) groups excluding carboxylic acids is 1. The van der Waals surface area contributed by atoms with Gasteiger partial charge in [-0.05, 0) is 64.8 Å². The Bertz CT molecular complexity index is 1000. The van der Waals surface area contributed by atoms with Crippen LogP contribution in [0, 0.1) is 11.3 Å². The molecule has 0 heterocycles. The molecular weight excluding hydrogens is 464 g/mol. The van der Waals surface area contributed by atoms with Crippen molar-refractivity contribution in [1.29, 1.82) is 5.26 Å². The van der Waals surface area contributed by atoms with Crippen molar-refractivity contribution < 1.29 is 24.2 Å². The highest BCUT2D eigenvalue weighted by Crippen LogP contribution is 2.37. The second-order valence-corrected chi connectivity index (χ2v) is 6.87. The van der Waals surface area contributed by atoms with Crippen LogP contribution in [0.4, 0.5) is 5.69 Å². The monoisotopic (exact) mass is 478 g/mol. The van der Waals surface area contributed by atoms with Gasteiger partial charge in [-0.25, -0.2) is 4.79 Å². The largest absolute Gasteiger partial charge is 0.490 e. The zero-order valence-electron chi connectivity index (χ0n) is 15.2. The first-order chi connectivity index (χ1) is 13.8. The highest BCUT2D eigenvalue weighted by Gasteiger charge is 2.15. The first-order valence-corrected chi connectivity index (χ1v) is 9.50. The van der Waals surface area contributed by atoms with Gasteiger partial charge in [-0.3, -0.25) is 4.79 Å². The van der Waals surface area contributed by atoms with Crippen LogP contribution < -0.4 is 14.8 Å². The summed E-state index contributed by atoms with van der Waals surface area (Å²) in [5.41, 5.74) is 0.802. The van der Waals surface area contributed by atoms with Crippen LogP contribution in [0.5, 0.6) is 11.5 Å². The molecule has 0 saturated carbocycles. The summed E-state index contributed by atoms with van der Waals surface area (Å²) in [4.78, 5) is 23.2. The van der Waals surface area contributed by atoms with Gasteiger partial charge >= 0.3 is 5.97 Å². The molecule has 0 bridgehead atoms. The summed E-state index contributed by atoms with van der Waals surface area (Å²) in [5.74, 6) is -1.24. The molecule has 0 aromatic heterocycles. The van der Waals surface area contributed by atoms with E-state index >= 15 is 0 Å². The highest BCUT2D eigenvalue weighted by molar-refractivity contribution is 9.10. The summed E-state index contributed by atoms with van der Waals surface area (Å²) in [6, 6.07) is 11.6. The number of nitriles is 1. The number of nitrogens with one attached hydrogen (secondary N) is 1. The van der Waals surface area contributed by atoms with Gasteiger partial charge in [0.2, 0.25) is 0 Å². The molecule has 2 aromatic rings. The average molecular weight is 480 g/mol. The smallest absolute Gasteiger partial charge is 0.341 e. The molecular formula is C20H16BrClN2O5. The van der Waals surface area contributed by atoms with Crippen molar-refractivity contribution >= 4 is 51.2 Å². The molecule has 0 saturated heterocycles. The van der Waals surface area contributed by atoms with E-state index in [0.29, 0.717) is 27.4 Å². The highest BCUT2D eigenvalue weighted by atomic mass is 79.9. The number of aliphatic carboxylic acids is 1. The lowest BCUT2D eigenvalue weighted by atomic mass is 10.1. The lowest BCUT2D eigenvalue weighted by Gasteiger charge is -2.13. The fourth-order valence-corrected chi connectivity index (χ4v) is 3.05. The summed E-state index contributed by atoms with van der Waals surface area (Å²) >= 11 is 9.20. The van der Waals surface area contributed by atoms with Crippen molar-refractivity contribution in [2.45, 2.75) is 6.92 Å². The van der Waals surface area contributed by atoms with E-state index in [2.05, 4.69) is 21.2 Å². The number of benzene rings is 2. The van der Waals surface area contributed by atoms with Crippen molar-refractivity contribution in [1.82, 2.24) is 0 Å². The lowest BCUT2D eigenvalue weighted by Crippen LogP contribution is -2.13. The van der Waals surface area contributed by atoms with Gasteiger partial charge < -0.3 is 19.9 Å². The molecule has 9 heteroatoms. The fraction of sp³-hybridized carbons (Fsp3) is 0.150. The van der Waals surface area contributed by atoms with Crippen LogP contribution in [0.25, 0.3) is 6.08 Å². The van der Waals surface area contributed by atoms with E-state index in [1.807, 2.05) is 6.07 Å². The van der Waals surface area contributed by atoms with Gasteiger partial charge in [0.15, 0.2) is 18.1 Å². The first-order valence-electron chi connectivity index (χ1n) is 8.33. The van der Waals surface area contributed by atoms with Gasteiger partial charge in [0.1, 0.15) is 11.6 Å². The first kappa shape index (κ1) is 22.3. The van der Waals surface area contributed by atoms with Crippen LogP contribution in [0.3, 0.4) is 0 Å². The summed E-state index contributed by atoms with van der Waals surface area (Å²) in [6.45, 7) is 1.53. The molecule has 0 aliphatic heterocycles. The molecule has 0 spiro atoms. The van der Waals surface area contributed by atoms with Crippen LogP contribution in [-0.4, -0.2) is 30.2 Å². The summed E-state index contributed by atoms with van der Waals surface area (Å²) in [7, 11) is 0. The Labute approximate surface area is 180 Å². The third kappa shape index (κ3) is 6.52. The Morgan fingerprint density at radius 3 is 2.69 bits per heavy atom. The predicted molar refractivity (Wildman–Crippen MR) is 112 cm³/mol. The van der Waals surface area contributed by atoms with Crippen molar-refractivity contribution in [3.05, 3.63) is 57.0 Å². The molecule has 0 unspecified atom stereocenters. The van der Waals surface area contributed by atoms with E-state index in [-0.39, 0.29) is 17.1 Å². The van der Waals surface area contributed by atoms with E-state index in [4.69, 9.17) is 26.2 Å². The van der Waals surface area contributed by atoms with Gasteiger partial charge in [0.05, 0.1) is 11.1 Å². The molecule has 1 amide bonds. The predicted octanol–water partition coefficient (Wildman–Crippen LogP) is 4.51. The van der Waals surface area contributed by atoms with Gasteiger partial charge in [-0.2, -0.15) is 5.26 Å². The third-order valence-electron chi connectivity index (χ3n) is 3.43. The molecule has 2 rings (SSSR count).